The van der Waals surface area contributed by atoms with Gasteiger partial charge in [0.1, 0.15) is 0 Å². The van der Waals surface area contributed by atoms with E-state index in [9.17, 15) is 4.79 Å². The van der Waals surface area contributed by atoms with Gasteiger partial charge in [0, 0.05) is 12.6 Å². The number of carbonyl (C=O) groups is 1. The van der Waals surface area contributed by atoms with Gasteiger partial charge < -0.3 is 10.6 Å². The molecule has 2 aliphatic rings. The van der Waals surface area contributed by atoms with Crippen LogP contribution in [0.1, 0.15) is 38.5 Å². The van der Waals surface area contributed by atoms with Crippen LogP contribution in [0.5, 0.6) is 0 Å². The predicted molar refractivity (Wildman–Crippen MR) is 68.1 cm³/mol. The predicted octanol–water partition coefficient (Wildman–Crippen LogP) is 1.38. The third-order valence-corrected chi connectivity index (χ3v) is 3.91. The van der Waals surface area contributed by atoms with Gasteiger partial charge in [-0.05, 0) is 31.6 Å². The van der Waals surface area contributed by atoms with Crippen molar-refractivity contribution in [2.45, 2.75) is 44.6 Å². The Balaban J connectivity index is 1.95. The number of nitrogens with zero attached hydrogens (tertiary/aromatic N) is 1. The van der Waals surface area contributed by atoms with Gasteiger partial charge in [0.2, 0.25) is 5.91 Å². The maximum Gasteiger partial charge on any atom is 0.228 e. The minimum atomic E-state index is 0.0100. The van der Waals surface area contributed by atoms with E-state index < -0.39 is 0 Å². The number of carbonyl (C=O) groups excluding carboxylic acids is 1. The number of hydrogen-bond donors (Lipinski definition) is 1. The molecule has 2 saturated carbocycles. The molecule has 3 nitrogen and oxygen atoms in total. The average Bonchev–Trinajstić information content (AvgIpc) is 3.12. The van der Waals surface area contributed by atoms with Gasteiger partial charge in [-0.25, -0.2) is 0 Å². The van der Waals surface area contributed by atoms with E-state index in [4.69, 9.17) is 12.2 Å². The van der Waals surface area contributed by atoms with Crippen LogP contribution in [-0.4, -0.2) is 29.9 Å². The van der Waals surface area contributed by atoms with Crippen LogP contribution in [0.25, 0.3) is 0 Å². The molecule has 0 saturated heterocycles. The Morgan fingerprint density at radius 2 is 2.00 bits per heavy atom. The van der Waals surface area contributed by atoms with Crippen LogP contribution in [0.15, 0.2) is 0 Å². The Morgan fingerprint density at radius 3 is 2.59 bits per heavy atom. The SMILES string of the molecule is C#CCN(CC1CC1)C(=O)C1CCCCC1N. The lowest BCUT2D eigenvalue weighted by Gasteiger charge is -2.32. The molecule has 0 aromatic rings. The van der Waals surface area contributed by atoms with Gasteiger partial charge in [0.05, 0.1) is 12.5 Å². The van der Waals surface area contributed by atoms with E-state index >= 15 is 0 Å². The smallest absolute Gasteiger partial charge is 0.228 e. The minimum absolute atomic E-state index is 0.0100. The molecule has 17 heavy (non-hydrogen) atoms. The Morgan fingerprint density at radius 1 is 1.29 bits per heavy atom. The van der Waals surface area contributed by atoms with E-state index in [2.05, 4.69) is 5.92 Å². The van der Waals surface area contributed by atoms with Crippen LogP contribution in [-0.2, 0) is 4.79 Å². The lowest BCUT2D eigenvalue weighted by Crippen LogP contribution is -2.46. The van der Waals surface area contributed by atoms with Crippen molar-refractivity contribution in [3.63, 3.8) is 0 Å². The maximum absolute atomic E-state index is 12.4. The molecule has 2 N–H and O–H groups in total. The van der Waals surface area contributed by atoms with Crippen molar-refractivity contribution in [3.8, 4) is 12.3 Å². The molecule has 2 unspecified atom stereocenters. The third-order valence-electron chi connectivity index (χ3n) is 3.91. The highest BCUT2D eigenvalue weighted by molar-refractivity contribution is 5.80. The molecule has 2 rings (SSSR count). The fraction of sp³-hybridized carbons (Fsp3) is 0.786. The van der Waals surface area contributed by atoms with Crippen LogP contribution in [0, 0.1) is 24.2 Å². The van der Waals surface area contributed by atoms with Crippen LogP contribution in [0.2, 0.25) is 0 Å². The van der Waals surface area contributed by atoms with Gasteiger partial charge in [-0.15, -0.1) is 6.42 Å². The van der Waals surface area contributed by atoms with Gasteiger partial charge in [0.25, 0.3) is 0 Å². The Kier molecular flexibility index (Phi) is 4.06. The molecule has 2 atom stereocenters. The van der Waals surface area contributed by atoms with E-state index in [1.54, 1.807) is 0 Å². The Labute approximate surface area is 104 Å². The summed E-state index contributed by atoms with van der Waals surface area (Å²) in [6.07, 6.45) is 12.0. The van der Waals surface area contributed by atoms with Crippen LogP contribution in [0.3, 0.4) is 0 Å². The summed E-state index contributed by atoms with van der Waals surface area (Å²) in [7, 11) is 0. The largest absolute Gasteiger partial charge is 0.331 e. The molecule has 0 aromatic heterocycles. The molecule has 2 fully saturated rings. The summed E-state index contributed by atoms with van der Waals surface area (Å²) >= 11 is 0. The fourth-order valence-corrected chi connectivity index (χ4v) is 2.66. The second-order valence-corrected chi connectivity index (χ2v) is 5.42. The summed E-state index contributed by atoms with van der Waals surface area (Å²) < 4.78 is 0. The third kappa shape index (κ3) is 3.23. The number of terminal acetylenes is 1. The first-order valence-corrected chi connectivity index (χ1v) is 6.70. The van der Waals surface area contributed by atoms with E-state index in [1.165, 1.54) is 12.8 Å². The average molecular weight is 234 g/mol. The van der Waals surface area contributed by atoms with Gasteiger partial charge >= 0.3 is 0 Å². The van der Waals surface area contributed by atoms with Crippen LogP contribution < -0.4 is 5.73 Å². The molecule has 0 spiro atoms. The zero-order chi connectivity index (χ0) is 12.3. The lowest BCUT2D eigenvalue weighted by atomic mass is 9.84. The van der Waals surface area contributed by atoms with Crippen molar-refractivity contribution in [2.75, 3.05) is 13.1 Å². The molecule has 0 heterocycles. The molecule has 3 heteroatoms. The van der Waals surface area contributed by atoms with Crippen molar-refractivity contribution in [1.29, 1.82) is 0 Å². The molecule has 94 valence electrons. The standard InChI is InChI=1S/C14H22N2O/c1-2-9-16(10-11-7-8-11)14(17)12-5-3-4-6-13(12)15/h1,11-13H,3-10,15H2. The highest BCUT2D eigenvalue weighted by Gasteiger charge is 2.33. The fourth-order valence-electron chi connectivity index (χ4n) is 2.66. The first kappa shape index (κ1) is 12.4. The summed E-state index contributed by atoms with van der Waals surface area (Å²) in [4.78, 5) is 14.3. The summed E-state index contributed by atoms with van der Waals surface area (Å²) in [6.45, 7) is 1.28. The highest BCUT2D eigenvalue weighted by atomic mass is 16.2. The summed E-state index contributed by atoms with van der Waals surface area (Å²) in [6, 6.07) is 0.0377. The quantitative estimate of drug-likeness (QED) is 0.747. The molecule has 2 aliphatic carbocycles. The molecular weight excluding hydrogens is 212 g/mol. The number of rotatable bonds is 4. The molecule has 0 bridgehead atoms. The second-order valence-electron chi connectivity index (χ2n) is 5.42. The topological polar surface area (TPSA) is 46.3 Å². The van der Waals surface area contributed by atoms with Crippen molar-refractivity contribution in [3.05, 3.63) is 0 Å². The van der Waals surface area contributed by atoms with E-state index in [0.717, 1.165) is 32.2 Å². The minimum Gasteiger partial charge on any atom is -0.331 e. The molecular formula is C14H22N2O. The van der Waals surface area contributed by atoms with Gasteiger partial charge in [0.15, 0.2) is 0 Å². The van der Waals surface area contributed by atoms with Crippen molar-refractivity contribution < 1.29 is 4.79 Å². The first-order valence-electron chi connectivity index (χ1n) is 6.70. The van der Waals surface area contributed by atoms with Crippen LogP contribution in [0.4, 0.5) is 0 Å². The highest BCUT2D eigenvalue weighted by Crippen LogP contribution is 2.31. The molecule has 0 aliphatic heterocycles. The first-order chi connectivity index (χ1) is 8.22. The van der Waals surface area contributed by atoms with Crippen LogP contribution >= 0.6 is 0 Å². The zero-order valence-corrected chi connectivity index (χ0v) is 10.4. The number of amides is 1. The summed E-state index contributed by atoms with van der Waals surface area (Å²) in [5, 5.41) is 0. The molecule has 0 radical (unpaired) electrons. The van der Waals surface area contributed by atoms with Gasteiger partial charge in [-0.1, -0.05) is 18.8 Å². The van der Waals surface area contributed by atoms with Crippen molar-refractivity contribution in [1.82, 2.24) is 4.90 Å². The maximum atomic E-state index is 12.4. The molecule has 1 amide bonds. The Bertz CT molecular complexity index is 317. The zero-order valence-electron chi connectivity index (χ0n) is 10.4. The lowest BCUT2D eigenvalue weighted by molar-refractivity contribution is -0.136. The van der Waals surface area contributed by atoms with Crippen molar-refractivity contribution in [2.24, 2.45) is 17.6 Å². The van der Waals surface area contributed by atoms with Crippen molar-refractivity contribution >= 4 is 5.91 Å². The van der Waals surface area contributed by atoms with Gasteiger partial charge in [-0.2, -0.15) is 0 Å². The number of nitrogens with two attached hydrogens (primary N) is 1. The Hall–Kier alpha value is -1.01. The normalized spacial score (nSPS) is 28.5. The van der Waals surface area contributed by atoms with E-state index in [-0.39, 0.29) is 17.9 Å². The monoisotopic (exact) mass is 234 g/mol. The van der Waals surface area contributed by atoms with E-state index in [1.807, 2.05) is 4.90 Å². The van der Waals surface area contributed by atoms with E-state index in [0.29, 0.717) is 12.5 Å². The number of hydrogen-bond acceptors (Lipinski definition) is 2. The molecule has 0 aromatic carbocycles. The summed E-state index contributed by atoms with van der Waals surface area (Å²) in [5.74, 6) is 3.49. The summed E-state index contributed by atoms with van der Waals surface area (Å²) in [5.41, 5.74) is 6.06. The van der Waals surface area contributed by atoms with Gasteiger partial charge in [-0.3, -0.25) is 4.79 Å². The second kappa shape index (κ2) is 5.55.